The topological polar surface area (TPSA) is 30.5 Å². The molecule has 0 saturated carbocycles. The van der Waals surface area contributed by atoms with Gasteiger partial charge < -0.3 is 14.8 Å². The van der Waals surface area contributed by atoms with Crippen molar-refractivity contribution in [1.82, 2.24) is 5.32 Å². The van der Waals surface area contributed by atoms with Crippen LogP contribution in [0.3, 0.4) is 0 Å². The van der Waals surface area contributed by atoms with Crippen LogP contribution in [0.15, 0.2) is 24.3 Å². The second-order valence-corrected chi connectivity index (χ2v) is 4.79. The van der Waals surface area contributed by atoms with Crippen LogP contribution in [0.5, 0.6) is 11.5 Å². The molecule has 1 aromatic rings. The lowest BCUT2D eigenvalue weighted by Crippen LogP contribution is -2.22. The molecule has 0 aliphatic heterocycles. The molecule has 0 heterocycles. The highest BCUT2D eigenvalue weighted by atomic mass is 16.5. The standard InChI is InChI=1S/C15H25NO2/c1-13(2)7-6-10-16-11-12-18-15-9-5-4-8-14(15)17-3/h4-5,8-9,13,16H,6-7,10-12H2,1-3H3. The Labute approximate surface area is 110 Å². The molecule has 0 unspecified atom stereocenters. The third kappa shape index (κ3) is 5.92. The van der Waals surface area contributed by atoms with Gasteiger partial charge in [-0.05, 0) is 37.4 Å². The zero-order chi connectivity index (χ0) is 13.2. The van der Waals surface area contributed by atoms with Gasteiger partial charge in [0, 0.05) is 6.54 Å². The predicted molar refractivity (Wildman–Crippen MR) is 75.4 cm³/mol. The van der Waals surface area contributed by atoms with Gasteiger partial charge in [-0.25, -0.2) is 0 Å². The van der Waals surface area contributed by atoms with E-state index in [2.05, 4.69) is 19.2 Å². The van der Waals surface area contributed by atoms with Gasteiger partial charge in [0.25, 0.3) is 0 Å². The fourth-order valence-electron chi connectivity index (χ4n) is 1.73. The normalized spacial score (nSPS) is 10.7. The predicted octanol–water partition coefficient (Wildman–Crippen LogP) is 3.10. The SMILES string of the molecule is COc1ccccc1OCCNCCCC(C)C. The number of para-hydroxylation sites is 2. The Kier molecular flexibility index (Phi) is 7.26. The van der Waals surface area contributed by atoms with Crippen molar-refractivity contribution >= 4 is 0 Å². The maximum atomic E-state index is 5.67. The van der Waals surface area contributed by atoms with Crippen LogP contribution >= 0.6 is 0 Å². The van der Waals surface area contributed by atoms with Crippen LogP contribution in [-0.2, 0) is 0 Å². The molecule has 18 heavy (non-hydrogen) atoms. The molecule has 0 aromatic heterocycles. The Balaban J connectivity index is 2.10. The van der Waals surface area contributed by atoms with Crippen molar-refractivity contribution in [2.75, 3.05) is 26.8 Å². The molecule has 0 radical (unpaired) electrons. The summed E-state index contributed by atoms with van der Waals surface area (Å²) in [5.74, 6) is 2.39. The van der Waals surface area contributed by atoms with E-state index in [4.69, 9.17) is 9.47 Å². The van der Waals surface area contributed by atoms with Crippen molar-refractivity contribution in [2.24, 2.45) is 5.92 Å². The van der Waals surface area contributed by atoms with Gasteiger partial charge in [0.2, 0.25) is 0 Å². The highest BCUT2D eigenvalue weighted by molar-refractivity contribution is 5.39. The molecule has 3 heteroatoms. The average Bonchev–Trinajstić information content (AvgIpc) is 2.37. The summed E-state index contributed by atoms with van der Waals surface area (Å²) in [4.78, 5) is 0. The molecule has 0 bridgehead atoms. The van der Waals surface area contributed by atoms with Crippen molar-refractivity contribution in [3.8, 4) is 11.5 Å². The van der Waals surface area contributed by atoms with Crippen molar-refractivity contribution < 1.29 is 9.47 Å². The quantitative estimate of drug-likeness (QED) is 0.684. The summed E-state index contributed by atoms with van der Waals surface area (Å²) in [6.45, 7) is 7.11. The van der Waals surface area contributed by atoms with Gasteiger partial charge in [-0.2, -0.15) is 0 Å². The van der Waals surface area contributed by atoms with Crippen LogP contribution in [0.4, 0.5) is 0 Å². The Hall–Kier alpha value is -1.22. The summed E-state index contributed by atoms with van der Waals surface area (Å²) >= 11 is 0. The van der Waals surface area contributed by atoms with Crippen LogP contribution < -0.4 is 14.8 Å². The highest BCUT2D eigenvalue weighted by Gasteiger charge is 2.01. The van der Waals surface area contributed by atoms with E-state index >= 15 is 0 Å². The van der Waals surface area contributed by atoms with Crippen molar-refractivity contribution in [3.63, 3.8) is 0 Å². The van der Waals surface area contributed by atoms with Gasteiger partial charge in [0.15, 0.2) is 11.5 Å². The van der Waals surface area contributed by atoms with Crippen LogP contribution in [0.2, 0.25) is 0 Å². The molecular weight excluding hydrogens is 226 g/mol. The van der Waals surface area contributed by atoms with E-state index in [0.717, 1.165) is 30.5 Å². The first-order valence-electron chi connectivity index (χ1n) is 6.70. The highest BCUT2D eigenvalue weighted by Crippen LogP contribution is 2.25. The second-order valence-electron chi connectivity index (χ2n) is 4.79. The van der Waals surface area contributed by atoms with Gasteiger partial charge in [-0.1, -0.05) is 26.0 Å². The van der Waals surface area contributed by atoms with E-state index in [9.17, 15) is 0 Å². The van der Waals surface area contributed by atoms with E-state index in [1.807, 2.05) is 24.3 Å². The van der Waals surface area contributed by atoms with Crippen molar-refractivity contribution in [1.29, 1.82) is 0 Å². The zero-order valence-electron chi connectivity index (χ0n) is 11.7. The fourth-order valence-corrected chi connectivity index (χ4v) is 1.73. The van der Waals surface area contributed by atoms with Gasteiger partial charge in [-0.15, -0.1) is 0 Å². The van der Waals surface area contributed by atoms with Crippen LogP contribution in [0.25, 0.3) is 0 Å². The molecule has 0 saturated heterocycles. The first kappa shape index (κ1) is 14.8. The number of rotatable bonds is 9. The minimum absolute atomic E-state index is 0.669. The first-order valence-corrected chi connectivity index (χ1v) is 6.70. The molecule has 102 valence electrons. The molecule has 0 spiro atoms. The first-order chi connectivity index (χ1) is 8.74. The van der Waals surface area contributed by atoms with Gasteiger partial charge in [0.05, 0.1) is 7.11 Å². The number of methoxy groups -OCH3 is 1. The summed E-state index contributed by atoms with van der Waals surface area (Å²) in [5, 5.41) is 3.38. The third-order valence-electron chi connectivity index (χ3n) is 2.74. The number of ether oxygens (including phenoxy) is 2. The summed E-state index contributed by atoms with van der Waals surface area (Å²) < 4.78 is 10.9. The monoisotopic (exact) mass is 251 g/mol. The molecule has 0 amide bonds. The minimum atomic E-state index is 0.669. The molecule has 1 N–H and O–H groups in total. The van der Waals surface area contributed by atoms with E-state index in [0.29, 0.717) is 6.61 Å². The second kappa shape index (κ2) is 8.81. The van der Waals surface area contributed by atoms with Crippen LogP contribution in [0, 0.1) is 5.92 Å². The maximum absolute atomic E-state index is 5.67. The smallest absolute Gasteiger partial charge is 0.161 e. The Morgan fingerprint density at radius 3 is 2.50 bits per heavy atom. The molecule has 1 rings (SSSR count). The lowest BCUT2D eigenvalue weighted by atomic mass is 10.1. The van der Waals surface area contributed by atoms with Gasteiger partial charge in [-0.3, -0.25) is 0 Å². The summed E-state index contributed by atoms with van der Waals surface area (Å²) in [5.41, 5.74) is 0. The Bertz CT molecular complexity index is 326. The molecule has 0 aliphatic rings. The van der Waals surface area contributed by atoms with Crippen molar-refractivity contribution in [2.45, 2.75) is 26.7 Å². The number of hydrogen-bond donors (Lipinski definition) is 1. The van der Waals surface area contributed by atoms with Gasteiger partial charge >= 0.3 is 0 Å². The van der Waals surface area contributed by atoms with E-state index in [1.54, 1.807) is 7.11 Å². The largest absolute Gasteiger partial charge is 0.493 e. The summed E-state index contributed by atoms with van der Waals surface area (Å²) in [7, 11) is 1.66. The molecule has 0 fully saturated rings. The Morgan fingerprint density at radius 2 is 1.83 bits per heavy atom. The minimum Gasteiger partial charge on any atom is -0.493 e. The number of nitrogens with one attached hydrogen (secondary N) is 1. The van der Waals surface area contributed by atoms with Crippen LogP contribution in [-0.4, -0.2) is 26.8 Å². The summed E-state index contributed by atoms with van der Waals surface area (Å²) in [6, 6.07) is 7.73. The molecule has 0 atom stereocenters. The lowest BCUT2D eigenvalue weighted by molar-refractivity contribution is 0.292. The number of benzene rings is 1. The van der Waals surface area contributed by atoms with Crippen molar-refractivity contribution in [3.05, 3.63) is 24.3 Å². The van der Waals surface area contributed by atoms with E-state index in [-0.39, 0.29) is 0 Å². The molecule has 0 aliphatic carbocycles. The summed E-state index contributed by atoms with van der Waals surface area (Å²) in [6.07, 6.45) is 2.51. The van der Waals surface area contributed by atoms with E-state index in [1.165, 1.54) is 12.8 Å². The third-order valence-corrected chi connectivity index (χ3v) is 2.74. The molecule has 3 nitrogen and oxygen atoms in total. The van der Waals surface area contributed by atoms with Gasteiger partial charge in [0.1, 0.15) is 6.61 Å². The Morgan fingerprint density at radius 1 is 1.11 bits per heavy atom. The van der Waals surface area contributed by atoms with Crippen LogP contribution in [0.1, 0.15) is 26.7 Å². The average molecular weight is 251 g/mol. The molecule has 1 aromatic carbocycles. The lowest BCUT2D eigenvalue weighted by Gasteiger charge is -2.11. The fraction of sp³-hybridized carbons (Fsp3) is 0.600. The molecular formula is C15H25NO2. The van der Waals surface area contributed by atoms with E-state index < -0.39 is 0 Å². The zero-order valence-corrected chi connectivity index (χ0v) is 11.7. The maximum Gasteiger partial charge on any atom is 0.161 e. The number of hydrogen-bond acceptors (Lipinski definition) is 3.